The summed E-state index contributed by atoms with van der Waals surface area (Å²) in [5.41, 5.74) is 0. The molecule has 0 aliphatic carbocycles. The lowest BCUT2D eigenvalue weighted by Crippen LogP contribution is -2.43. The first kappa shape index (κ1) is 17.4. The van der Waals surface area contributed by atoms with Crippen LogP contribution in [0.2, 0.25) is 0 Å². The van der Waals surface area contributed by atoms with E-state index < -0.39 is 42.8 Å². The van der Waals surface area contributed by atoms with Crippen molar-refractivity contribution in [1.82, 2.24) is 15.5 Å². The average Bonchev–Trinajstić information content (AvgIpc) is 2.83. The Labute approximate surface area is 125 Å². The first-order chi connectivity index (χ1) is 10.3. The monoisotopic (exact) mass is 315 g/mol. The minimum absolute atomic E-state index is 0.0148. The molecule has 1 aliphatic heterocycles. The molecule has 1 atom stereocenters. The number of hydrogen-bond donors (Lipinski definition) is 3. The van der Waals surface area contributed by atoms with E-state index >= 15 is 0 Å². The molecule has 0 radical (unpaired) electrons. The summed E-state index contributed by atoms with van der Waals surface area (Å²) in [6, 6.07) is 0. The van der Waals surface area contributed by atoms with Gasteiger partial charge in [0.2, 0.25) is 17.7 Å². The third-order valence-electron chi connectivity index (χ3n) is 2.97. The third kappa shape index (κ3) is 5.38. The first-order valence-corrected chi connectivity index (χ1v) is 6.44. The average molecular weight is 315 g/mol. The maximum absolute atomic E-state index is 11.6. The fraction of sp³-hybridized carbons (Fsp3) is 0.583. The van der Waals surface area contributed by atoms with E-state index in [0.29, 0.717) is 0 Å². The van der Waals surface area contributed by atoms with Gasteiger partial charge in [-0.2, -0.15) is 0 Å². The predicted molar refractivity (Wildman–Crippen MR) is 70.4 cm³/mol. The molecular formula is C12H17N3O7. The molecule has 3 amide bonds. The lowest BCUT2D eigenvalue weighted by Gasteiger charge is -2.15. The van der Waals surface area contributed by atoms with Crippen LogP contribution < -0.4 is 10.6 Å². The third-order valence-corrected chi connectivity index (χ3v) is 2.97. The molecule has 1 saturated heterocycles. The van der Waals surface area contributed by atoms with Crippen LogP contribution in [0.4, 0.5) is 0 Å². The van der Waals surface area contributed by atoms with Crippen LogP contribution in [0.5, 0.6) is 0 Å². The van der Waals surface area contributed by atoms with Crippen molar-refractivity contribution in [1.29, 1.82) is 0 Å². The van der Waals surface area contributed by atoms with E-state index in [9.17, 15) is 24.0 Å². The van der Waals surface area contributed by atoms with E-state index in [1.54, 1.807) is 0 Å². The zero-order chi connectivity index (χ0) is 16.7. The molecule has 0 bridgehead atoms. The number of carbonyl (C=O) groups excluding carboxylic acids is 4. The normalized spacial score (nSPS) is 17.0. The van der Waals surface area contributed by atoms with Crippen LogP contribution in [0.1, 0.15) is 6.42 Å². The molecule has 0 aromatic heterocycles. The Kier molecular flexibility index (Phi) is 6.29. The van der Waals surface area contributed by atoms with Crippen LogP contribution in [-0.2, 0) is 28.7 Å². The molecule has 22 heavy (non-hydrogen) atoms. The minimum atomic E-state index is -1.20. The SMILES string of the molecule is COC(=O)C1CC(=O)N(CC(=O)NCC(=O)NCC(=O)O)C1. The van der Waals surface area contributed by atoms with Crippen molar-refractivity contribution in [3.8, 4) is 0 Å². The summed E-state index contributed by atoms with van der Waals surface area (Å²) in [6.07, 6.45) is -0.0148. The largest absolute Gasteiger partial charge is 0.480 e. The van der Waals surface area contributed by atoms with Gasteiger partial charge in [0.15, 0.2) is 0 Å². The maximum Gasteiger partial charge on any atom is 0.322 e. The van der Waals surface area contributed by atoms with E-state index in [4.69, 9.17) is 5.11 Å². The Morgan fingerprint density at radius 3 is 2.45 bits per heavy atom. The van der Waals surface area contributed by atoms with Crippen LogP contribution >= 0.6 is 0 Å². The van der Waals surface area contributed by atoms with Crippen LogP contribution in [0.3, 0.4) is 0 Å². The van der Waals surface area contributed by atoms with Gasteiger partial charge in [0.05, 0.1) is 26.1 Å². The van der Waals surface area contributed by atoms with Gasteiger partial charge in [0.1, 0.15) is 6.54 Å². The lowest BCUT2D eigenvalue weighted by atomic mass is 10.1. The number of esters is 1. The van der Waals surface area contributed by atoms with E-state index in [1.165, 1.54) is 12.0 Å². The molecule has 1 rings (SSSR count). The molecule has 1 heterocycles. The van der Waals surface area contributed by atoms with Gasteiger partial charge in [-0.3, -0.25) is 24.0 Å². The number of ether oxygens (including phenoxy) is 1. The molecule has 10 nitrogen and oxygen atoms in total. The number of amides is 3. The van der Waals surface area contributed by atoms with Gasteiger partial charge in [-0.15, -0.1) is 0 Å². The first-order valence-electron chi connectivity index (χ1n) is 6.44. The Bertz CT molecular complexity index is 491. The highest BCUT2D eigenvalue weighted by atomic mass is 16.5. The van der Waals surface area contributed by atoms with Crippen LogP contribution in [-0.4, -0.2) is 73.0 Å². The summed E-state index contributed by atoms with van der Waals surface area (Å²) in [5, 5.41) is 12.7. The van der Waals surface area contributed by atoms with Gasteiger partial charge in [-0.25, -0.2) is 0 Å². The van der Waals surface area contributed by atoms with Crippen LogP contribution in [0.25, 0.3) is 0 Å². The smallest absolute Gasteiger partial charge is 0.322 e. The molecule has 122 valence electrons. The number of methoxy groups -OCH3 is 1. The van der Waals surface area contributed by atoms with Gasteiger partial charge < -0.3 is 25.4 Å². The topological polar surface area (TPSA) is 142 Å². The van der Waals surface area contributed by atoms with Crippen molar-refractivity contribution in [2.75, 3.05) is 33.3 Å². The summed E-state index contributed by atoms with van der Waals surface area (Å²) < 4.78 is 4.54. The number of carboxylic acid groups (broad SMARTS) is 1. The molecule has 1 fully saturated rings. The second kappa shape index (κ2) is 7.96. The molecular weight excluding hydrogens is 298 g/mol. The molecule has 0 spiro atoms. The Morgan fingerprint density at radius 2 is 1.86 bits per heavy atom. The zero-order valence-electron chi connectivity index (χ0n) is 12.0. The predicted octanol–water partition coefficient (Wildman–Crippen LogP) is -2.68. The standard InChI is InChI=1S/C12H17N3O7/c1-22-12(21)7-2-10(18)15(5-7)6-9(17)13-3-8(16)14-4-11(19)20/h7H,2-6H2,1H3,(H,13,17)(H,14,16)(H,19,20). The quantitative estimate of drug-likeness (QED) is 0.435. The highest BCUT2D eigenvalue weighted by Crippen LogP contribution is 2.18. The summed E-state index contributed by atoms with van der Waals surface area (Å²) in [4.78, 5) is 57.2. The lowest BCUT2D eigenvalue weighted by molar-refractivity contribution is -0.145. The summed E-state index contributed by atoms with van der Waals surface area (Å²) in [7, 11) is 1.22. The summed E-state index contributed by atoms with van der Waals surface area (Å²) in [5.74, 6) is -3.88. The van der Waals surface area contributed by atoms with Crippen LogP contribution in [0, 0.1) is 5.92 Å². The highest BCUT2D eigenvalue weighted by molar-refractivity contribution is 5.91. The second-order valence-electron chi connectivity index (χ2n) is 4.65. The Balaban J connectivity index is 2.33. The Hall–Kier alpha value is -2.65. The van der Waals surface area contributed by atoms with Crippen molar-refractivity contribution < 1.29 is 33.8 Å². The zero-order valence-corrected chi connectivity index (χ0v) is 12.0. The van der Waals surface area contributed by atoms with Crippen molar-refractivity contribution in [2.45, 2.75) is 6.42 Å². The second-order valence-corrected chi connectivity index (χ2v) is 4.65. The maximum atomic E-state index is 11.6. The summed E-state index contributed by atoms with van der Waals surface area (Å²) >= 11 is 0. The van der Waals surface area contributed by atoms with Crippen molar-refractivity contribution in [3.05, 3.63) is 0 Å². The fourth-order valence-electron chi connectivity index (χ4n) is 1.89. The molecule has 3 N–H and O–H groups in total. The highest BCUT2D eigenvalue weighted by Gasteiger charge is 2.35. The molecule has 1 aliphatic rings. The van der Waals surface area contributed by atoms with Crippen molar-refractivity contribution >= 4 is 29.7 Å². The van der Waals surface area contributed by atoms with Gasteiger partial charge in [-0.1, -0.05) is 0 Å². The number of likely N-dealkylation sites (tertiary alicyclic amines) is 1. The number of nitrogens with one attached hydrogen (secondary N) is 2. The Morgan fingerprint density at radius 1 is 1.23 bits per heavy atom. The number of hydrogen-bond acceptors (Lipinski definition) is 6. The van der Waals surface area contributed by atoms with Gasteiger partial charge >= 0.3 is 11.9 Å². The van der Waals surface area contributed by atoms with E-state index in [1.807, 2.05) is 0 Å². The molecule has 1 unspecified atom stereocenters. The molecule has 10 heteroatoms. The number of carbonyl (C=O) groups is 5. The van der Waals surface area contributed by atoms with Gasteiger partial charge in [0.25, 0.3) is 0 Å². The number of nitrogens with zero attached hydrogens (tertiary/aromatic N) is 1. The van der Waals surface area contributed by atoms with E-state index in [-0.39, 0.29) is 25.4 Å². The fourth-order valence-corrected chi connectivity index (χ4v) is 1.89. The van der Waals surface area contributed by atoms with Gasteiger partial charge in [0, 0.05) is 13.0 Å². The number of carboxylic acids is 1. The van der Waals surface area contributed by atoms with Crippen molar-refractivity contribution in [3.63, 3.8) is 0 Å². The number of rotatable bonds is 7. The molecule has 0 aromatic rings. The molecule has 0 aromatic carbocycles. The molecule has 0 saturated carbocycles. The minimum Gasteiger partial charge on any atom is -0.480 e. The van der Waals surface area contributed by atoms with Gasteiger partial charge in [-0.05, 0) is 0 Å². The summed E-state index contributed by atoms with van der Waals surface area (Å²) in [6.45, 7) is -1.13. The number of aliphatic carboxylic acids is 1. The van der Waals surface area contributed by atoms with Crippen LogP contribution in [0.15, 0.2) is 0 Å². The van der Waals surface area contributed by atoms with E-state index in [2.05, 4.69) is 15.4 Å². The van der Waals surface area contributed by atoms with E-state index in [0.717, 1.165) is 0 Å². The van der Waals surface area contributed by atoms with Crippen molar-refractivity contribution in [2.24, 2.45) is 5.92 Å².